The third-order valence-corrected chi connectivity index (χ3v) is 4.72. The van der Waals surface area contributed by atoms with Gasteiger partial charge in [0.05, 0.1) is 0 Å². The summed E-state index contributed by atoms with van der Waals surface area (Å²) in [7, 11) is 0. The molecule has 2 unspecified atom stereocenters. The lowest BCUT2D eigenvalue weighted by Gasteiger charge is -2.30. The quantitative estimate of drug-likeness (QED) is 0.875. The predicted octanol–water partition coefficient (Wildman–Crippen LogP) is 3.67. The third kappa shape index (κ3) is 4.87. The molecule has 124 valence electrons. The minimum Gasteiger partial charge on any atom is -0.355 e. The van der Waals surface area contributed by atoms with E-state index in [0.29, 0.717) is 6.54 Å². The zero-order valence-electron chi connectivity index (χ0n) is 13.3. The number of hydrogen-bond donors (Lipinski definition) is 2. The number of amides is 1. The second kappa shape index (κ2) is 8.19. The maximum atomic E-state index is 12.3. The molecule has 5 heteroatoms. The van der Waals surface area contributed by atoms with Gasteiger partial charge in [0.15, 0.2) is 0 Å². The van der Waals surface area contributed by atoms with E-state index in [2.05, 4.69) is 19.2 Å². The molecular formula is C17H26Cl2N2O. The van der Waals surface area contributed by atoms with E-state index in [-0.39, 0.29) is 35.7 Å². The van der Waals surface area contributed by atoms with Crippen LogP contribution < -0.4 is 11.1 Å². The fourth-order valence-electron chi connectivity index (χ4n) is 3.02. The number of benzene rings is 1. The first-order chi connectivity index (χ1) is 9.90. The molecule has 0 spiro atoms. The molecule has 1 amide bonds. The summed E-state index contributed by atoms with van der Waals surface area (Å²) in [6.07, 6.45) is 3.84. The number of nitrogens with one attached hydrogen (secondary N) is 1. The van der Waals surface area contributed by atoms with E-state index in [4.69, 9.17) is 17.3 Å². The minimum atomic E-state index is -0.190. The molecule has 0 heterocycles. The van der Waals surface area contributed by atoms with Crippen LogP contribution in [-0.4, -0.2) is 18.5 Å². The van der Waals surface area contributed by atoms with Crippen molar-refractivity contribution in [2.24, 2.45) is 11.7 Å². The lowest BCUT2D eigenvalue weighted by Crippen LogP contribution is -2.42. The fraction of sp³-hybridized carbons (Fsp3) is 0.588. The lowest BCUT2D eigenvalue weighted by atomic mass is 9.83. The Labute approximate surface area is 144 Å². The molecule has 0 bridgehead atoms. The summed E-state index contributed by atoms with van der Waals surface area (Å²) in [5.41, 5.74) is 6.83. The van der Waals surface area contributed by atoms with E-state index in [9.17, 15) is 4.79 Å². The highest BCUT2D eigenvalue weighted by Gasteiger charge is 2.28. The number of halogens is 2. The van der Waals surface area contributed by atoms with E-state index in [1.807, 2.05) is 24.3 Å². The standard InChI is InChI=1S/C17H25ClN2O.ClH/c1-17(2,14-8-3-4-9-15(14)18)11-20-16(21)12-6-5-7-13(19)10-12;/h3-4,8-9,12-13H,5-7,10-11,19H2,1-2H3,(H,20,21);1H. The van der Waals surface area contributed by atoms with Gasteiger partial charge < -0.3 is 11.1 Å². The second-order valence-electron chi connectivity index (χ2n) is 6.71. The predicted molar refractivity (Wildman–Crippen MR) is 94.7 cm³/mol. The third-order valence-electron chi connectivity index (χ3n) is 4.39. The van der Waals surface area contributed by atoms with Crippen molar-refractivity contribution >= 4 is 29.9 Å². The molecule has 1 fully saturated rings. The van der Waals surface area contributed by atoms with E-state index in [1.54, 1.807) is 0 Å². The Morgan fingerprint density at radius 2 is 2.05 bits per heavy atom. The molecule has 22 heavy (non-hydrogen) atoms. The SMILES string of the molecule is CC(C)(CNC(=O)C1CCCC(N)C1)c1ccccc1Cl.Cl. The summed E-state index contributed by atoms with van der Waals surface area (Å²) in [4.78, 5) is 12.3. The van der Waals surface area contributed by atoms with E-state index >= 15 is 0 Å². The Morgan fingerprint density at radius 3 is 2.68 bits per heavy atom. The Bertz CT molecular complexity index is 505. The molecule has 1 aliphatic carbocycles. The van der Waals surface area contributed by atoms with Gasteiger partial charge in [0.1, 0.15) is 0 Å². The van der Waals surface area contributed by atoms with Crippen molar-refractivity contribution in [1.29, 1.82) is 0 Å². The highest BCUT2D eigenvalue weighted by atomic mass is 35.5. The van der Waals surface area contributed by atoms with E-state index in [1.165, 1.54) is 0 Å². The molecule has 3 N–H and O–H groups in total. The summed E-state index contributed by atoms with van der Waals surface area (Å²) < 4.78 is 0. The molecule has 3 nitrogen and oxygen atoms in total. The molecule has 0 saturated heterocycles. The molecule has 0 aromatic heterocycles. The minimum absolute atomic E-state index is 0. The molecule has 1 saturated carbocycles. The van der Waals surface area contributed by atoms with Crippen molar-refractivity contribution in [2.75, 3.05) is 6.54 Å². The van der Waals surface area contributed by atoms with Crippen LogP contribution in [0.25, 0.3) is 0 Å². The molecule has 1 aromatic carbocycles. The highest BCUT2D eigenvalue weighted by Crippen LogP contribution is 2.29. The maximum Gasteiger partial charge on any atom is 0.223 e. The number of rotatable bonds is 4. The van der Waals surface area contributed by atoms with Crippen LogP contribution in [0.3, 0.4) is 0 Å². The molecule has 0 aliphatic heterocycles. The van der Waals surface area contributed by atoms with Crippen molar-refractivity contribution in [1.82, 2.24) is 5.32 Å². The summed E-state index contributed by atoms with van der Waals surface area (Å²) in [6.45, 7) is 4.78. The van der Waals surface area contributed by atoms with Gasteiger partial charge >= 0.3 is 0 Å². The van der Waals surface area contributed by atoms with E-state index < -0.39 is 0 Å². The van der Waals surface area contributed by atoms with Crippen LogP contribution >= 0.6 is 24.0 Å². The van der Waals surface area contributed by atoms with Gasteiger partial charge in [0.2, 0.25) is 5.91 Å². The van der Waals surface area contributed by atoms with Crippen LogP contribution in [-0.2, 0) is 10.2 Å². The van der Waals surface area contributed by atoms with Crippen LogP contribution in [0.2, 0.25) is 5.02 Å². The van der Waals surface area contributed by atoms with Crippen LogP contribution in [0.15, 0.2) is 24.3 Å². The first kappa shape index (κ1) is 19.3. The number of hydrogen-bond acceptors (Lipinski definition) is 2. The van der Waals surface area contributed by atoms with Crippen LogP contribution in [0.4, 0.5) is 0 Å². The van der Waals surface area contributed by atoms with Crippen molar-refractivity contribution in [3.63, 3.8) is 0 Å². The first-order valence-electron chi connectivity index (χ1n) is 7.68. The molecule has 0 radical (unpaired) electrons. The highest BCUT2D eigenvalue weighted by molar-refractivity contribution is 6.31. The number of carbonyl (C=O) groups is 1. The van der Waals surface area contributed by atoms with Gasteiger partial charge in [-0.1, -0.05) is 50.1 Å². The zero-order chi connectivity index (χ0) is 15.5. The topological polar surface area (TPSA) is 55.1 Å². The average Bonchev–Trinajstić information content (AvgIpc) is 2.45. The lowest BCUT2D eigenvalue weighted by molar-refractivity contribution is -0.126. The van der Waals surface area contributed by atoms with Crippen LogP contribution in [0.1, 0.15) is 45.1 Å². The van der Waals surface area contributed by atoms with Gasteiger partial charge in [0, 0.05) is 28.9 Å². The van der Waals surface area contributed by atoms with Crippen LogP contribution in [0.5, 0.6) is 0 Å². The van der Waals surface area contributed by atoms with Crippen molar-refractivity contribution in [2.45, 2.75) is 51.0 Å². The van der Waals surface area contributed by atoms with E-state index in [0.717, 1.165) is 36.3 Å². The van der Waals surface area contributed by atoms with Gasteiger partial charge in [-0.15, -0.1) is 12.4 Å². The largest absolute Gasteiger partial charge is 0.355 e. The normalized spacial score (nSPS) is 21.8. The number of nitrogens with two attached hydrogens (primary N) is 1. The Kier molecular flexibility index (Phi) is 7.17. The maximum absolute atomic E-state index is 12.3. The monoisotopic (exact) mass is 344 g/mol. The van der Waals surface area contributed by atoms with Gasteiger partial charge in [-0.05, 0) is 30.9 Å². The molecule has 1 aliphatic rings. The average molecular weight is 345 g/mol. The number of carbonyl (C=O) groups excluding carboxylic acids is 1. The summed E-state index contributed by atoms with van der Waals surface area (Å²) in [5, 5.41) is 3.83. The van der Waals surface area contributed by atoms with Crippen molar-refractivity contribution in [3.05, 3.63) is 34.9 Å². The molecule has 1 aromatic rings. The summed E-state index contributed by atoms with van der Waals surface area (Å²) >= 11 is 6.26. The van der Waals surface area contributed by atoms with Crippen molar-refractivity contribution in [3.8, 4) is 0 Å². The summed E-state index contributed by atoms with van der Waals surface area (Å²) in [5.74, 6) is 0.195. The zero-order valence-corrected chi connectivity index (χ0v) is 14.8. The van der Waals surface area contributed by atoms with Gasteiger partial charge in [-0.25, -0.2) is 0 Å². The van der Waals surface area contributed by atoms with Crippen LogP contribution in [0, 0.1) is 5.92 Å². The fourth-order valence-corrected chi connectivity index (χ4v) is 3.41. The molecular weight excluding hydrogens is 319 g/mol. The van der Waals surface area contributed by atoms with Gasteiger partial charge in [-0.2, -0.15) is 0 Å². The second-order valence-corrected chi connectivity index (χ2v) is 7.11. The molecule has 2 rings (SSSR count). The molecule has 2 atom stereocenters. The summed E-state index contributed by atoms with van der Waals surface area (Å²) in [6, 6.07) is 7.98. The van der Waals surface area contributed by atoms with Gasteiger partial charge in [-0.3, -0.25) is 4.79 Å². The Morgan fingerprint density at radius 1 is 1.36 bits per heavy atom. The van der Waals surface area contributed by atoms with Crippen molar-refractivity contribution < 1.29 is 4.79 Å². The Balaban J connectivity index is 0.00000242. The first-order valence-corrected chi connectivity index (χ1v) is 8.06. The van der Waals surface area contributed by atoms with Gasteiger partial charge in [0.25, 0.3) is 0 Å². The smallest absolute Gasteiger partial charge is 0.223 e. The Hall–Kier alpha value is -0.770.